The van der Waals surface area contributed by atoms with E-state index in [0.717, 1.165) is 12.1 Å². The Morgan fingerprint density at radius 3 is 2.53 bits per heavy atom. The van der Waals surface area contributed by atoms with E-state index in [4.69, 9.17) is 27.4 Å². The highest BCUT2D eigenvalue weighted by Gasteiger charge is 2.19. The van der Waals surface area contributed by atoms with Gasteiger partial charge in [-0.3, -0.25) is 10.1 Å². The fraction of sp³-hybridized carbons (Fsp3) is 0. The predicted molar refractivity (Wildman–Crippen MR) is 53.3 cm³/mol. The normalized spacial score (nSPS) is 9.80. The van der Waals surface area contributed by atoms with Gasteiger partial charge in [0.25, 0.3) is 5.69 Å². The lowest BCUT2D eigenvalue weighted by Gasteiger charge is -2.09. The van der Waals surface area contributed by atoms with E-state index in [1.807, 2.05) is 0 Å². The van der Waals surface area contributed by atoms with Crippen molar-refractivity contribution in [3.05, 3.63) is 27.3 Å². The molecule has 9 heteroatoms. The van der Waals surface area contributed by atoms with Gasteiger partial charge in [0.2, 0.25) is 0 Å². The van der Waals surface area contributed by atoms with Crippen molar-refractivity contribution >= 4 is 30.3 Å². The van der Waals surface area contributed by atoms with E-state index in [-0.39, 0.29) is 22.1 Å². The molecule has 80 valence electrons. The van der Waals surface area contributed by atoms with Gasteiger partial charge >= 0.3 is 7.32 Å². The van der Waals surface area contributed by atoms with E-state index in [2.05, 4.69) is 4.65 Å². The van der Waals surface area contributed by atoms with Crippen LogP contribution in [-0.2, 0) is 0 Å². The molecule has 7 nitrogen and oxygen atoms in total. The maximum Gasteiger partial charge on any atom is 0.707 e. The minimum atomic E-state index is -2.09. The lowest BCUT2D eigenvalue weighted by Crippen LogP contribution is -2.21. The number of nitro benzene ring substituents is 1. The number of non-ortho nitro benzene ring substituents is 1. The van der Waals surface area contributed by atoms with Gasteiger partial charge in [0.05, 0.1) is 15.6 Å². The van der Waals surface area contributed by atoms with Crippen LogP contribution in [0.4, 0.5) is 11.4 Å². The van der Waals surface area contributed by atoms with E-state index in [0.29, 0.717) is 0 Å². The molecule has 1 rings (SSSR count). The second-order valence-electron chi connectivity index (χ2n) is 2.55. The predicted octanol–water partition coefficient (Wildman–Crippen LogP) is 0.179. The smallest absolute Gasteiger partial charge is 0.509 e. The summed E-state index contributed by atoms with van der Waals surface area (Å²) in [5.74, 6) is -0.211. The number of nitrogens with two attached hydrogens (primary N) is 1. The number of nitrogens with zero attached hydrogens (tertiary/aromatic N) is 1. The van der Waals surface area contributed by atoms with Gasteiger partial charge in [0, 0.05) is 12.1 Å². The van der Waals surface area contributed by atoms with Gasteiger partial charge in [0.15, 0.2) is 0 Å². The molecule has 1 aromatic rings. The van der Waals surface area contributed by atoms with Gasteiger partial charge in [-0.1, -0.05) is 11.6 Å². The average molecular weight is 232 g/mol. The Labute approximate surface area is 89.4 Å². The van der Waals surface area contributed by atoms with Crippen molar-refractivity contribution in [2.75, 3.05) is 5.73 Å². The summed E-state index contributed by atoms with van der Waals surface area (Å²) in [5, 5.41) is 27.3. The van der Waals surface area contributed by atoms with Gasteiger partial charge in [0.1, 0.15) is 5.75 Å². The van der Waals surface area contributed by atoms with Gasteiger partial charge in [-0.2, -0.15) is 0 Å². The first-order valence-corrected chi connectivity index (χ1v) is 4.06. The molecule has 0 aromatic heterocycles. The first-order chi connectivity index (χ1) is 6.91. The highest BCUT2D eigenvalue weighted by atomic mass is 35.5. The number of nitro groups is 1. The molecule has 0 aliphatic carbocycles. The zero-order valence-electron chi connectivity index (χ0n) is 7.25. The summed E-state index contributed by atoms with van der Waals surface area (Å²) in [4.78, 5) is 9.71. The number of hydrogen-bond donors (Lipinski definition) is 3. The Kier molecular flexibility index (Phi) is 3.35. The van der Waals surface area contributed by atoms with E-state index < -0.39 is 12.2 Å². The van der Waals surface area contributed by atoms with Crippen LogP contribution >= 0.6 is 11.6 Å². The van der Waals surface area contributed by atoms with Gasteiger partial charge in [-0.15, -0.1) is 0 Å². The third-order valence-electron chi connectivity index (χ3n) is 1.49. The lowest BCUT2D eigenvalue weighted by atomic mass is 10.2. The van der Waals surface area contributed by atoms with Crippen LogP contribution in [-0.4, -0.2) is 22.3 Å². The summed E-state index contributed by atoms with van der Waals surface area (Å²) in [6.45, 7) is 0. The van der Waals surface area contributed by atoms with Crippen LogP contribution in [0.1, 0.15) is 0 Å². The number of rotatable bonds is 3. The molecule has 0 radical (unpaired) electrons. The van der Waals surface area contributed by atoms with Crippen molar-refractivity contribution in [1.29, 1.82) is 0 Å². The molecule has 0 aliphatic rings. The van der Waals surface area contributed by atoms with Crippen LogP contribution in [0.25, 0.3) is 0 Å². The summed E-state index contributed by atoms with van der Waals surface area (Å²) >= 11 is 5.59. The second kappa shape index (κ2) is 4.34. The summed E-state index contributed by atoms with van der Waals surface area (Å²) in [6, 6.07) is 2.00. The highest BCUT2D eigenvalue weighted by molar-refractivity contribution is 6.36. The van der Waals surface area contributed by atoms with Gasteiger partial charge in [-0.25, -0.2) is 0 Å². The Morgan fingerprint density at radius 2 is 2.13 bits per heavy atom. The Morgan fingerprint density at radius 1 is 1.53 bits per heavy atom. The third-order valence-corrected chi connectivity index (χ3v) is 1.77. The molecule has 15 heavy (non-hydrogen) atoms. The standard InChI is InChI=1S/C6H6BClN2O5/c8-4-1-3(10(13)14)2-5(9)6(4)15-7(11)12/h1-2,11-12H,9H2. The molecule has 0 unspecified atom stereocenters. The van der Waals surface area contributed by atoms with E-state index in [1.165, 1.54) is 0 Å². The van der Waals surface area contributed by atoms with Crippen molar-refractivity contribution in [2.45, 2.75) is 0 Å². The van der Waals surface area contributed by atoms with Crippen LogP contribution in [0.5, 0.6) is 5.75 Å². The zero-order valence-corrected chi connectivity index (χ0v) is 8.01. The molecule has 0 spiro atoms. The summed E-state index contributed by atoms with van der Waals surface area (Å²) in [5.41, 5.74) is 4.91. The summed E-state index contributed by atoms with van der Waals surface area (Å²) in [7, 11) is -2.09. The van der Waals surface area contributed by atoms with E-state index in [9.17, 15) is 10.1 Å². The fourth-order valence-electron chi connectivity index (χ4n) is 0.935. The number of halogens is 1. The first-order valence-electron chi connectivity index (χ1n) is 3.68. The first kappa shape index (κ1) is 11.6. The van der Waals surface area contributed by atoms with Crippen LogP contribution in [0, 0.1) is 10.1 Å². The minimum Gasteiger partial charge on any atom is -0.509 e. The number of hydrogen-bond acceptors (Lipinski definition) is 6. The van der Waals surface area contributed by atoms with Gasteiger partial charge in [-0.05, 0) is 0 Å². The third kappa shape index (κ3) is 2.72. The summed E-state index contributed by atoms with van der Waals surface area (Å²) in [6.07, 6.45) is 0. The molecule has 0 aliphatic heterocycles. The molecule has 0 atom stereocenters. The molecule has 0 saturated carbocycles. The highest BCUT2D eigenvalue weighted by Crippen LogP contribution is 2.35. The maximum atomic E-state index is 10.4. The average Bonchev–Trinajstić information content (AvgIpc) is 2.10. The van der Waals surface area contributed by atoms with Crippen LogP contribution in [0.2, 0.25) is 5.02 Å². The molecular formula is C6H6BClN2O5. The van der Waals surface area contributed by atoms with Crippen LogP contribution < -0.4 is 10.4 Å². The Balaban J connectivity index is 3.15. The molecule has 0 heterocycles. The minimum absolute atomic E-state index is 0.151. The Hall–Kier alpha value is -1.51. The molecular weight excluding hydrogens is 226 g/mol. The number of nitrogen functional groups attached to an aromatic ring is 1. The van der Waals surface area contributed by atoms with E-state index >= 15 is 0 Å². The Bertz CT molecular complexity index is 376. The molecule has 0 fully saturated rings. The topological polar surface area (TPSA) is 119 Å². The zero-order chi connectivity index (χ0) is 11.6. The molecule has 4 N–H and O–H groups in total. The van der Waals surface area contributed by atoms with Crippen LogP contribution in [0.3, 0.4) is 0 Å². The second-order valence-corrected chi connectivity index (χ2v) is 2.95. The number of anilines is 1. The monoisotopic (exact) mass is 232 g/mol. The molecule has 0 saturated heterocycles. The molecule has 0 amide bonds. The lowest BCUT2D eigenvalue weighted by molar-refractivity contribution is -0.384. The SMILES string of the molecule is Nc1cc([N+](=O)[O-])cc(Cl)c1OB(O)O. The summed E-state index contributed by atoms with van der Waals surface area (Å²) < 4.78 is 4.44. The van der Waals surface area contributed by atoms with E-state index in [1.54, 1.807) is 0 Å². The number of benzene rings is 1. The quantitative estimate of drug-likeness (QED) is 0.296. The fourth-order valence-corrected chi connectivity index (χ4v) is 1.20. The maximum absolute atomic E-state index is 10.4. The van der Waals surface area contributed by atoms with Crippen molar-refractivity contribution in [3.63, 3.8) is 0 Å². The van der Waals surface area contributed by atoms with Crippen molar-refractivity contribution in [3.8, 4) is 5.75 Å². The van der Waals surface area contributed by atoms with Crippen LogP contribution in [0.15, 0.2) is 12.1 Å². The van der Waals surface area contributed by atoms with Crippen molar-refractivity contribution in [1.82, 2.24) is 0 Å². The molecule has 1 aromatic carbocycles. The molecule has 0 bridgehead atoms. The largest absolute Gasteiger partial charge is 0.707 e. The van der Waals surface area contributed by atoms with Gasteiger partial charge < -0.3 is 20.4 Å². The van der Waals surface area contributed by atoms with Crippen molar-refractivity contribution in [2.24, 2.45) is 0 Å². The van der Waals surface area contributed by atoms with Crippen molar-refractivity contribution < 1.29 is 19.6 Å².